The minimum Gasteiger partial charge on any atom is -0.496 e. The van der Waals surface area contributed by atoms with Crippen molar-refractivity contribution in [2.45, 2.75) is 6.42 Å². The van der Waals surface area contributed by atoms with Gasteiger partial charge in [-0.2, -0.15) is 0 Å². The lowest BCUT2D eigenvalue weighted by molar-refractivity contribution is -0.117. The van der Waals surface area contributed by atoms with Crippen LogP contribution in [0.15, 0.2) is 54.6 Å². The quantitative estimate of drug-likeness (QED) is 0.890. The molecule has 0 spiro atoms. The minimum atomic E-state index is -0.653. The van der Waals surface area contributed by atoms with E-state index in [1.165, 1.54) is 0 Å². The largest absolute Gasteiger partial charge is 0.496 e. The van der Waals surface area contributed by atoms with Crippen molar-refractivity contribution < 1.29 is 19.1 Å². The molecule has 0 saturated heterocycles. The van der Waals surface area contributed by atoms with Crippen LogP contribution in [0.25, 0.3) is 0 Å². The predicted molar refractivity (Wildman–Crippen MR) is 82.2 cm³/mol. The van der Waals surface area contributed by atoms with E-state index < -0.39 is 6.09 Å². The van der Waals surface area contributed by atoms with Crippen molar-refractivity contribution in [1.82, 2.24) is 5.32 Å². The Balaban J connectivity index is 1.81. The normalized spacial score (nSPS) is 9.86. The van der Waals surface area contributed by atoms with E-state index in [0.717, 1.165) is 5.56 Å². The van der Waals surface area contributed by atoms with Gasteiger partial charge in [0.15, 0.2) is 5.78 Å². The molecular formula is C17H17NO4. The molecular weight excluding hydrogens is 282 g/mol. The highest BCUT2D eigenvalue weighted by atomic mass is 16.6. The van der Waals surface area contributed by atoms with Crippen LogP contribution in [0.3, 0.4) is 0 Å². The van der Waals surface area contributed by atoms with Crippen molar-refractivity contribution in [1.29, 1.82) is 0 Å². The molecule has 1 N–H and O–H groups in total. The number of methoxy groups -OCH3 is 1. The SMILES string of the molecule is COc1ccccc1CC(=O)CNC(=O)Oc1ccccc1. The third kappa shape index (κ3) is 4.63. The van der Waals surface area contributed by atoms with Gasteiger partial charge in [0.1, 0.15) is 11.5 Å². The Morgan fingerprint density at radius 2 is 1.68 bits per heavy atom. The molecule has 0 saturated carbocycles. The number of amides is 1. The average Bonchev–Trinajstić information content (AvgIpc) is 2.54. The summed E-state index contributed by atoms with van der Waals surface area (Å²) in [6.45, 7) is -0.0935. The lowest BCUT2D eigenvalue weighted by Crippen LogP contribution is -2.32. The molecule has 0 heterocycles. The second-order valence-electron chi connectivity index (χ2n) is 4.58. The zero-order valence-corrected chi connectivity index (χ0v) is 12.2. The number of benzene rings is 2. The van der Waals surface area contributed by atoms with Gasteiger partial charge in [-0.25, -0.2) is 4.79 Å². The van der Waals surface area contributed by atoms with Crippen molar-refractivity contribution in [3.63, 3.8) is 0 Å². The third-order valence-electron chi connectivity index (χ3n) is 2.96. The number of hydrogen-bond donors (Lipinski definition) is 1. The Morgan fingerprint density at radius 3 is 2.41 bits per heavy atom. The zero-order chi connectivity index (χ0) is 15.8. The van der Waals surface area contributed by atoms with Crippen molar-refractivity contribution in [2.24, 2.45) is 0 Å². The molecule has 2 rings (SSSR count). The highest BCUT2D eigenvalue weighted by Gasteiger charge is 2.10. The van der Waals surface area contributed by atoms with E-state index >= 15 is 0 Å². The van der Waals surface area contributed by atoms with Gasteiger partial charge in [0.2, 0.25) is 0 Å². The number of nitrogens with one attached hydrogen (secondary N) is 1. The molecule has 5 heteroatoms. The zero-order valence-electron chi connectivity index (χ0n) is 12.2. The summed E-state index contributed by atoms with van der Waals surface area (Å²) in [6.07, 6.45) is -0.463. The van der Waals surface area contributed by atoms with E-state index in [1.807, 2.05) is 24.3 Å². The van der Waals surface area contributed by atoms with E-state index in [4.69, 9.17) is 9.47 Å². The first kappa shape index (κ1) is 15.6. The Hall–Kier alpha value is -2.82. The molecule has 0 bridgehead atoms. The van der Waals surface area contributed by atoms with Gasteiger partial charge in [0.25, 0.3) is 0 Å². The maximum absolute atomic E-state index is 11.9. The maximum atomic E-state index is 11.9. The summed E-state index contributed by atoms with van der Waals surface area (Å²) < 4.78 is 10.2. The van der Waals surface area contributed by atoms with Crippen molar-refractivity contribution in [2.75, 3.05) is 13.7 Å². The van der Waals surface area contributed by atoms with Gasteiger partial charge in [0.05, 0.1) is 13.7 Å². The van der Waals surface area contributed by atoms with Gasteiger partial charge in [-0.1, -0.05) is 36.4 Å². The lowest BCUT2D eigenvalue weighted by atomic mass is 10.1. The first-order valence-electron chi connectivity index (χ1n) is 6.83. The van der Waals surface area contributed by atoms with Crippen LogP contribution in [0.2, 0.25) is 0 Å². The molecule has 0 fully saturated rings. The van der Waals surface area contributed by atoms with Crippen molar-refractivity contribution in [3.8, 4) is 11.5 Å². The fourth-order valence-corrected chi connectivity index (χ4v) is 1.93. The number of ketones is 1. The summed E-state index contributed by atoms with van der Waals surface area (Å²) in [7, 11) is 1.55. The Labute approximate surface area is 128 Å². The lowest BCUT2D eigenvalue weighted by Gasteiger charge is -2.08. The van der Waals surface area contributed by atoms with Gasteiger partial charge >= 0.3 is 6.09 Å². The van der Waals surface area contributed by atoms with Crippen molar-refractivity contribution >= 4 is 11.9 Å². The summed E-state index contributed by atoms with van der Waals surface area (Å²) in [5.74, 6) is 0.953. The Morgan fingerprint density at radius 1 is 1.00 bits per heavy atom. The molecule has 0 aliphatic heterocycles. The van der Waals surface area contributed by atoms with Crippen LogP contribution in [0.1, 0.15) is 5.56 Å². The second kappa shape index (κ2) is 7.83. The second-order valence-corrected chi connectivity index (χ2v) is 4.58. The van der Waals surface area contributed by atoms with Gasteiger partial charge in [-0.05, 0) is 18.2 Å². The summed E-state index contributed by atoms with van der Waals surface area (Å²) in [6, 6.07) is 15.9. The number of rotatable bonds is 6. The number of ether oxygens (including phenoxy) is 2. The summed E-state index contributed by atoms with van der Waals surface area (Å²) in [5.41, 5.74) is 0.785. The number of Topliss-reactive ketones (excluding diaryl/α,β-unsaturated/α-hetero) is 1. The molecule has 2 aromatic rings. The van der Waals surface area contributed by atoms with Gasteiger partial charge in [0, 0.05) is 12.0 Å². The van der Waals surface area contributed by atoms with Crippen LogP contribution in [0, 0.1) is 0 Å². The van der Waals surface area contributed by atoms with Crippen LogP contribution >= 0.6 is 0 Å². The molecule has 0 aliphatic carbocycles. The van der Waals surface area contributed by atoms with Crippen LogP contribution in [0.5, 0.6) is 11.5 Å². The molecule has 2 aromatic carbocycles. The van der Waals surface area contributed by atoms with E-state index in [1.54, 1.807) is 37.4 Å². The van der Waals surface area contributed by atoms with Crippen LogP contribution in [-0.4, -0.2) is 25.5 Å². The fourth-order valence-electron chi connectivity index (χ4n) is 1.93. The third-order valence-corrected chi connectivity index (χ3v) is 2.96. The van der Waals surface area contributed by atoms with Crippen LogP contribution in [0.4, 0.5) is 4.79 Å². The molecule has 0 aliphatic rings. The summed E-state index contributed by atoms with van der Waals surface area (Å²) >= 11 is 0. The molecule has 0 atom stereocenters. The Kier molecular flexibility index (Phi) is 5.54. The fraction of sp³-hybridized carbons (Fsp3) is 0.176. The number of hydrogen-bond acceptors (Lipinski definition) is 4. The maximum Gasteiger partial charge on any atom is 0.412 e. The van der Waals surface area contributed by atoms with Gasteiger partial charge < -0.3 is 14.8 Å². The molecule has 22 heavy (non-hydrogen) atoms. The van der Waals surface area contributed by atoms with Gasteiger partial charge in [-0.15, -0.1) is 0 Å². The summed E-state index contributed by atoms with van der Waals surface area (Å²) in [4.78, 5) is 23.5. The standard InChI is InChI=1S/C17H17NO4/c1-21-16-10-6-5-7-13(16)11-14(19)12-18-17(20)22-15-8-3-2-4-9-15/h2-10H,11-12H2,1H3,(H,18,20). The first-order valence-corrected chi connectivity index (χ1v) is 6.83. The summed E-state index contributed by atoms with van der Waals surface area (Å²) in [5, 5.41) is 2.44. The predicted octanol–water partition coefficient (Wildman–Crippen LogP) is 2.60. The number of carbonyl (C=O) groups excluding carboxylic acids is 2. The van der Waals surface area contributed by atoms with Crippen LogP contribution in [-0.2, 0) is 11.2 Å². The topological polar surface area (TPSA) is 64.6 Å². The first-order chi connectivity index (χ1) is 10.7. The van der Waals surface area contributed by atoms with E-state index in [0.29, 0.717) is 11.5 Å². The average molecular weight is 299 g/mol. The molecule has 0 radical (unpaired) electrons. The number of para-hydroxylation sites is 2. The Bertz CT molecular complexity index is 640. The highest BCUT2D eigenvalue weighted by molar-refractivity contribution is 5.86. The number of carbonyl (C=O) groups is 2. The van der Waals surface area contributed by atoms with E-state index in [2.05, 4.69) is 5.32 Å². The molecule has 0 aromatic heterocycles. The molecule has 1 amide bonds. The smallest absolute Gasteiger partial charge is 0.412 e. The molecule has 114 valence electrons. The van der Waals surface area contributed by atoms with E-state index in [9.17, 15) is 9.59 Å². The van der Waals surface area contributed by atoms with Gasteiger partial charge in [-0.3, -0.25) is 4.79 Å². The minimum absolute atomic E-state index is 0.0935. The highest BCUT2D eigenvalue weighted by Crippen LogP contribution is 2.17. The molecule has 0 unspecified atom stereocenters. The monoisotopic (exact) mass is 299 g/mol. The van der Waals surface area contributed by atoms with E-state index in [-0.39, 0.29) is 18.7 Å². The molecule has 5 nitrogen and oxygen atoms in total. The van der Waals surface area contributed by atoms with Crippen molar-refractivity contribution in [3.05, 3.63) is 60.2 Å². The van der Waals surface area contributed by atoms with Crippen LogP contribution < -0.4 is 14.8 Å².